The van der Waals surface area contributed by atoms with Crippen LogP contribution >= 0.6 is 0 Å². The van der Waals surface area contributed by atoms with Gasteiger partial charge in [0.25, 0.3) is 0 Å². The van der Waals surface area contributed by atoms with E-state index in [0.717, 1.165) is 11.5 Å². The van der Waals surface area contributed by atoms with Crippen molar-refractivity contribution < 1.29 is 38.6 Å². The number of ether oxygens (including phenoxy) is 6. The van der Waals surface area contributed by atoms with Gasteiger partial charge in [0, 0.05) is 0 Å². The topological polar surface area (TPSA) is 95.8 Å². The van der Waals surface area contributed by atoms with Crippen LogP contribution in [0.2, 0.25) is 0 Å². The zero-order valence-electron chi connectivity index (χ0n) is 15.1. The van der Waals surface area contributed by atoms with Gasteiger partial charge in [0.1, 0.15) is 24.7 Å². The third-order valence-corrected chi connectivity index (χ3v) is 3.03. The Labute approximate surface area is 154 Å². The summed E-state index contributed by atoms with van der Waals surface area (Å²) in [5.74, 6) is 1.49. The van der Waals surface area contributed by atoms with Crippen LogP contribution in [0.15, 0.2) is 24.3 Å². The SMILES string of the molecule is OCCOCCOCCOc1ccc(OCCOCCOCCO)cc1. The van der Waals surface area contributed by atoms with E-state index in [-0.39, 0.29) is 13.2 Å². The van der Waals surface area contributed by atoms with E-state index in [0.29, 0.717) is 66.1 Å². The highest BCUT2D eigenvalue weighted by molar-refractivity contribution is 5.31. The van der Waals surface area contributed by atoms with Gasteiger partial charge >= 0.3 is 0 Å². The maximum atomic E-state index is 8.55. The molecule has 0 fully saturated rings. The lowest BCUT2D eigenvalue weighted by Gasteiger charge is -2.10. The zero-order valence-corrected chi connectivity index (χ0v) is 15.1. The molecular formula is C18H30O8. The summed E-state index contributed by atoms with van der Waals surface area (Å²) >= 11 is 0. The molecule has 0 aliphatic rings. The molecule has 1 aromatic carbocycles. The van der Waals surface area contributed by atoms with Gasteiger partial charge in [0.15, 0.2) is 0 Å². The predicted molar refractivity (Wildman–Crippen MR) is 94.9 cm³/mol. The molecule has 0 atom stereocenters. The molecular weight excluding hydrogens is 344 g/mol. The van der Waals surface area contributed by atoms with Crippen LogP contribution in [0.4, 0.5) is 0 Å². The van der Waals surface area contributed by atoms with Crippen LogP contribution in [0.1, 0.15) is 0 Å². The molecule has 26 heavy (non-hydrogen) atoms. The summed E-state index contributed by atoms with van der Waals surface area (Å²) in [6.07, 6.45) is 0. The van der Waals surface area contributed by atoms with Crippen molar-refractivity contribution in [1.82, 2.24) is 0 Å². The summed E-state index contributed by atoms with van der Waals surface area (Å²) in [6, 6.07) is 7.35. The molecule has 1 rings (SSSR count). The first-order valence-corrected chi connectivity index (χ1v) is 8.75. The van der Waals surface area contributed by atoms with Gasteiger partial charge in [-0.1, -0.05) is 0 Å². The van der Waals surface area contributed by atoms with E-state index >= 15 is 0 Å². The lowest BCUT2D eigenvalue weighted by molar-refractivity contribution is 0.0244. The fourth-order valence-electron chi connectivity index (χ4n) is 1.84. The molecule has 0 radical (unpaired) electrons. The standard InChI is InChI=1S/C18H30O8/c19-5-7-21-9-11-23-13-15-25-17-1-2-18(4-3-17)26-16-14-24-12-10-22-8-6-20/h1-4,19-20H,5-16H2. The van der Waals surface area contributed by atoms with Crippen LogP contribution in [0.5, 0.6) is 11.5 Å². The van der Waals surface area contributed by atoms with E-state index in [9.17, 15) is 0 Å². The number of aliphatic hydroxyl groups is 2. The summed E-state index contributed by atoms with van der Waals surface area (Å²) in [7, 11) is 0. The van der Waals surface area contributed by atoms with E-state index in [1.165, 1.54) is 0 Å². The Balaban J connectivity index is 1.98. The summed E-state index contributed by atoms with van der Waals surface area (Å²) in [4.78, 5) is 0. The van der Waals surface area contributed by atoms with E-state index < -0.39 is 0 Å². The Morgan fingerprint density at radius 2 is 0.769 bits per heavy atom. The molecule has 8 heteroatoms. The fraction of sp³-hybridized carbons (Fsp3) is 0.667. The molecule has 0 bridgehead atoms. The summed E-state index contributed by atoms with van der Waals surface area (Å²) < 4.78 is 32.0. The smallest absolute Gasteiger partial charge is 0.119 e. The molecule has 0 heterocycles. The predicted octanol–water partition coefficient (Wildman–Crippen LogP) is 0.495. The van der Waals surface area contributed by atoms with Crippen molar-refractivity contribution in [1.29, 1.82) is 0 Å². The van der Waals surface area contributed by atoms with Crippen molar-refractivity contribution in [2.45, 2.75) is 0 Å². The molecule has 0 aliphatic carbocycles. The summed E-state index contributed by atoms with van der Waals surface area (Å²) in [5.41, 5.74) is 0. The molecule has 0 amide bonds. The minimum Gasteiger partial charge on any atom is -0.491 e. The van der Waals surface area contributed by atoms with Crippen LogP contribution in [0.25, 0.3) is 0 Å². The monoisotopic (exact) mass is 374 g/mol. The lowest BCUT2D eigenvalue weighted by atomic mass is 10.3. The first kappa shape index (κ1) is 22.6. The van der Waals surface area contributed by atoms with Crippen molar-refractivity contribution in [3.8, 4) is 11.5 Å². The number of benzene rings is 1. The van der Waals surface area contributed by atoms with Crippen molar-refractivity contribution in [3.63, 3.8) is 0 Å². The number of rotatable bonds is 18. The molecule has 1 aromatic rings. The van der Waals surface area contributed by atoms with Gasteiger partial charge in [-0.3, -0.25) is 0 Å². The maximum Gasteiger partial charge on any atom is 0.119 e. The first-order valence-electron chi connectivity index (χ1n) is 8.75. The lowest BCUT2D eigenvalue weighted by Crippen LogP contribution is -2.12. The molecule has 0 aromatic heterocycles. The van der Waals surface area contributed by atoms with Crippen LogP contribution in [-0.4, -0.2) is 89.5 Å². The van der Waals surface area contributed by atoms with E-state index in [4.69, 9.17) is 38.6 Å². The van der Waals surface area contributed by atoms with Gasteiger partial charge in [0.05, 0.1) is 66.1 Å². The third kappa shape index (κ3) is 12.9. The van der Waals surface area contributed by atoms with Gasteiger partial charge < -0.3 is 38.6 Å². The Morgan fingerprint density at radius 1 is 0.462 bits per heavy atom. The minimum absolute atomic E-state index is 0.0240. The number of hydrogen-bond donors (Lipinski definition) is 2. The minimum atomic E-state index is 0.0240. The average Bonchev–Trinajstić information content (AvgIpc) is 2.67. The molecule has 8 nitrogen and oxygen atoms in total. The Kier molecular flexibility index (Phi) is 14.8. The molecule has 0 unspecified atom stereocenters. The summed E-state index contributed by atoms with van der Waals surface area (Å²) in [6.45, 7) is 4.44. The van der Waals surface area contributed by atoms with E-state index in [1.807, 2.05) is 24.3 Å². The molecule has 2 N–H and O–H groups in total. The molecule has 0 saturated carbocycles. The fourth-order valence-corrected chi connectivity index (χ4v) is 1.84. The average molecular weight is 374 g/mol. The normalized spacial score (nSPS) is 10.8. The molecule has 0 saturated heterocycles. The molecule has 150 valence electrons. The highest BCUT2D eigenvalue weighted by atomic mass is 16.6. The second-order valence-corrected chi connectivity index (χ2v) is 5.07. The number of hydrogen-bond acceptors (Lipinski definition) is 8. The van der Waals surface area contributed by atoms with Gasteiger partial charge in [-0.15, -0.1) is 0 Å². The Morgan fingerprint density at radius 3 is 1.12 bits per heavy atom. The van der Waals surface area contributed by atoms with Gasteiger partial charge in [0.2, 0.25) is 0 Å². The third-order valence-electron chi connectivity index (χ3n) is 3.03. The van der Waals surface area contributed by atoms with Crippen molar-refractivity contribution in [2.24, 2.45) is 0 Å². The van der Waals surface area contributed by atoms with Crippen LogP contribution in [0.3, 0.4) is 0 Å². The number of aliphatic hydroxyl groups excluding tert-OH is 2. The van der Waals surface area contributed by atoms with Crippen molar-refractivity contribution in [3.05, 3.63) is 24.3 Å². The molecule has 0 aliphatic heterocycles. The maximum absolute atomic E-state index is 8.55. The largest absolute Gasteiger partial charge is 0.491 e. The second kappa shape index (κ2) is 17.0. The highest BCUT2D eigenvalue weighted by Crippen LogP contribution is 2.17. The Hall–Kier alpha value is -1.42. The van der Waals surface area contributed by atoms with Crippen LogP contribution < -0.4 is 9.47 Å². The van der Waals surface area contributed by atoms with E-state index in [1.54, 1.807) is 0 Å². The zero-order chi connectivity index (χ0) is 18.7. The molecule has 0 spiro atoms. The summed E-state index contributed by atoms with van der Waals surface area (Å²) in [5, 5.41) is 17.1. The van der Waals surface area contributed by atoms with Gasteiger partial charge in [-0.05, 0) is 24.3 Å². The van der Waals surface area contributed by atoms with Crippen molar-refractivity contribution >= 4 is 0 Å². The Bertz CT molecular complexity index is 373. The second-order valence-electron chi connectivity index (χ2n) is 5.07. The van der Waals surface area contributed by atoms with Crippen LogP contribution in [-0.2, 0) is 18.9 Å². The highest BCUT2D eigenvalue weighted by Gasteiger charge is 1.98. The van der Waals surface area contributed by atoms with E-state index in [2.05, 4.69) is 0 Å². The van der Waals surface area contributed by atoms with Gasteiger partial charge in [-0.25, -0.2) is 0 Å². The van der Waals surface area contributed by atoms with Crippen molar-refractivity contribution in [2.75, 3.05) is 79.3 Å². The van der Waals surface area contributed by atoms with Gasteiger partial charge in [-0.2, -0.15) is 0 Å². The quantitative estimate of drug-likeness (QED) is 0.359. The van der Waals surface area contributed by atoms with Crippen LogP contribution in [0, 0.1) is 0 Å². The first-order chi connectivity index (χ1) is 12.9.